The van der Waals surface area contributed by atoms with Gasteiger partial charge in [-0.25, -0.2) is 4.98 Å². The van der Waals surface area contributed by atoms with E-state index in [9.17, 15) is 5.26 Å². The van der Waals surface area contributed by atoms with Crippen LogP contribution in [0.4, 0.5) is 5.82 Å². The van der Waals surface area contributed by atoms with E-state index in [0.717, 1.165) is 60.8 Å². The molecular formula is C21H24N5+. The molecule has 1 aliphatic rings. The van der Waals surface area contributed by atoms with Gasteiger partial charge in [0.1, 0.15) is 11.9 Å². The summed E-state index contributed by atoms with van der Waals surface area (Å²) in [6, 6.07) is 12.6. The Morgan fingerprint density at radius 2 is 2.04 bits per heavy atom. The Morgan fingerprint density at radius 1 is 1.31 bits per heavy atom. The minimum atomic E-state index is 0.663. The van der Waals surface area contributed by atoms with Gasteiger partial charge in [0.25, 0.3) is 0 Å². The topological polar surface area (TPSA) is 48.8 Å². The summed E-state index contributed by atoms with van der Waals surface area (Å²) < 4.78 is 2.16. The van der Waals surface area contributed by atoms with Crippen molar-refractivity contribution in [1.29, 1.82) is 5.26 Å². The summed E-state index contributed by atoms with van der Waals surface area (Å²) in [5.41, 5.74) is 5.65. The molecule has 1 aliphatic heterocycles. The number of benzene rings is 1. The van der Waals surface area contributed by atoms with E-state index < -0.39 is 0 Å². The van der Waals surface area contributed by atoms with E-state index in [1.165, 1.54) is 5.57 Å². The second-order valence-electron chi connectivity index (χ2n) is 7.30. The maximum Gasteiger partial charge on any atom is 0.157 e. The van der Waals surface area contributed by atoms with Crippen molar-refractivity contribution in [3.8, 4) is 6.07 Å². The number of hydrogen-bond acceptors (Lipinski definition) is 3. The van der Waals surface area contributed by atoms with E-state index in [2.05, 4.69) is 41.0 Å². The van der Waals surface area contributed by atoms with Crippen molar-refractivity contribution < 1.29 is 4.90 Å². The predicted molar refractivity (Wildman–Crippen MR) is 105 cm³/mol. The fourth-order valence-electron chi connectivity index (χ4n) is 3.96. The van der Waals surface area contributed by atoms with E-state index in [4.69, 9.17) is 4.98 Å². The number of nitriles is 1. The minimum absolute atomic E-state index is 0.663. The summed E-state index contributed by atoms with van der Waals surface area (Å²) in [6.45, 7) is 13.4. The number of aromatic nitrogens is 2. The highest BCUT2D eigenvalue weighted by atomic mass is 15.3. The first-order chi connectivity index (χ1) is 12.6. The third-order valence-corrected chi connectivity index (χ3v) is 5.21. The van der Waals surface area contributed by atoms with Crippen molar-refractivity contribution in [3.05, 3.63) is 53.6 Å². The zero-order valence-electron chi connectivity index (χ0n) is 15.4. The summed E-state index contributed by atoms with van der Waals surface area (Å²) in [5.74, 6) is 1.14. The molecule has 0 radical (unpaired) electrons. The van der Waals surface area contributed by atoms with Crippen molar-refractivity contribution in [1.82, 2.24) is 9.38 Å². The summed E-state index contributed by atoms with van der Waals surface area (Å²) >= 11 is 0. The van der Waals surface area contributed by atoms with Gasteiger partial charge in [-0.2, -0.15) is 5.26 Å². The lowest BCUT2D eigenvalue weighted by atomic mass is 10.1. The first-order valence-corrected chi connectivity index (χ1v) is 9.12. The first-order valence-electron chi connectivity index (χ1n) is 9.12. The Bertz CT molecular complexity index is 1030. The molecule has 0 spiro atoms. The van der Waals surface area contributed by atoms with Gasteiger partial charge in [0.2, 0.25) is 0 Å². The van der Waals surface area contributed by atoms with Gasteiger partial charge in [-0.15, -0.1) is 0 Å². The van der Waals surface area contributed by atoms with E-state index >= 15 is 0 Å². The molecule has 0 bridgehead atoms. The van der Waals surface area contributed by atoms with Gasteiger partial charge in [-0.1, -0.05) is 18.7 Å². The zero-order chi connectivity index (χ0) is 18.3. The van der Waals surface area contributed by atoms with Crippen molar-refractivity contribution in [2.75, 3.05) is 37.6 Å². The van der Waals surface area contributed by atoms with Crippen LogP contribution >= 0.6 is 0 Å². The summed E-state index contributed by atoms with van der Waals surface area (Å²) in [7, 11) is 0. The lowest BCUT2D eigenvalue weighted by molar-refractivity contribution is -0.895. The highest BCUT2D eigenvalue weighted by Crippen LogP contribution is 2.28. The van der Waals surface area contributed by atoms with Gasteiger partial charge < -0.3 is 9.80 Å². The number of fused-ring (bicyclic) bond motifs is 3. The molecule has 5 nitrogen and oxygen atoms in total. The summed E-state index contributed by atoms with van der Waals surface area (Å²) in [6.07, 6.45) is 0. The number of pyridine rings is 1. The van der Waals surface area contributed by atoms with Crippen LogP contribution in [0.1, 0.15) is 18.1 Å². The van der Waals surface area contributed by atoms with Gasteiger partial charge >= 0.3 is 0 Å². The summed E-state index contributed by atoms with van der Waals surface area (Å²) in [4.78, 5) is 8.77. The quantitative estimate of drug-likeness (QED) is 0.738. The molecule has 1 N–H and O–H groups in total. The smallest absolute Gasteiger partial charge is 0.157 e. The Balaban J connectivity index is 1.81. The standard InChI is InChI=1S/C21H23N5/c1-15(2)14-24-8-10-25(11-9-24)20-12-16(3)17(13-22)21-23-18-6-4-5-7-19(18)26(20)21/h4-7,12H,1,8-11,14H2,2-3H3/p+1. The Kier molecular flexibility index (Phi) is 4.14. The molecule has 0 unspecified atom stereocenters. The molecule has 0 atom stereocenters. The van der Waals surface area contributed by atoms with Crippen LogP contribution in [0.15, 0.2) is 42.5 Å². The maximum atomic E-state index is 9.63. The molecular weight excluding hydrogens is 322 g/mol. The minimum Gasteiger partial charge on any atom is -0.346 e. The first kappa shape index (κ1) is 16.6. The monoisotopic (exact) mass is 346 g/mol. The van der Waals surface area contributed by atoms with Crippen molar-refractivity contribution in [2.24, 2.45) is 0 Å². The van der Waals surface area contributed by atoms with E-state index in [1.807, 2.05) is 25.1 Å². The molecule has 1 saturated heterocycles. The lowest BCUT2D eigenvalue weighted by Gasteiger charge is -2.34. The highest BCUT2D eigenvalue weighted by molar-refractivity contribution is 5.85. The van der Waals surface area contributed by atoms with Crippen molar-refractivity contribution in [3.63, 3.8) is 0 Å². The van der Waals surface area contributed by atoms with Gasteiger partial charge in [0.15, 0.2) is 5.65 Å². The van der Waals surface area contributed by atoms with Gasteiger partial charge in [0.05, 0.1) is 49.3 Å². The van der Waals surface area contributed by atoms with Crippen molar-refractivity contribution in [2.45, 2.75) is 13.8 Å². The molecule has 0 saturated carbocycles. The second kappa shape index (κ2) is 6.47. The molecule has 132 valence electrons. The molecule has 1 aromatic carbocycles. The number of nitrogens with one attached hydrogen (secondary N) is 1. The van der Waals surface area contributed by atoms with Crippen LogP contribution in [0.2, 0.25) is 0 Å². The summed E-state index contributed by atoms with van der Waals surface area (Å²) in [5, 5.41) is 9.63. The van der Waals surface area contributed by atoms with Gasteiger partial charge in [0, 0.05) is 0 Å². The maximum absolute atomic E-state index is 9.63. The van der Waals surface area contributed by atoms with Crippen LogP contribution < -0.4 is 9.80 Å². The fourth-order valence-corrected chi connectivity index (χ4v) is 3.96. The second-order valence-corrected chi connectivity index (χ2v) is 7.30. The molecule has 4 rings (SSSR count). The lowest BCUT2D eigenvalue weighted by Crippen LogP contribution is -3.15. The Morgan fingerprint density at radius 3 is 2.73 bits per heavy atom. The molecule has 2 aromatic heterocycles. The van der Waals surface area contributed by atoms with E-state index in [-0.39, 0.29) is 0 Å². The number of rotatable bonds is 3. The number of para-hydroxylation sites is 2. The highest BCUT2D eigenvalue weighted by Gasteiger charge is 2.24. The molecule has 0 aliphatic carbocycles. The predicted octanol–water partition coefficient (Wildman–Crippen LogP) is 1.95. The number of hydrogen-bond donors (Lipinski definition) is 1. The molecule has 5 heteroatoms. The number of piperazine rings is 1. The molecule has 26 heavy (non-hydrogen) atoms. The molecule has 3 aromatic rings. The average Bonchev–Trinajstić information content (AvgIpc) is 3.00. The number of quaternary nitrogens is 1. The van der Waals surface area contributed by atoms with E-state index in [0.29, 0.717) is 5.56 Å². The molecule has 1 fully saturated rings. The van der Waals surface area contributed by atoms with Gasteiger partial charge in [-0.3, -0.25) is 4.40 Å². The van der Waals surface area contributed by atoms with Crippen LogP contribution in [0.25, 0.3) is 16.7 Å². The van der Waals surface area contributed by atoms with Crippen LogP contribution in [-0.4, -0.2) is 42.1 Å². The third-order valence-electron chi connectivity index (χ3n) is 5.21. The molecule has 0 amide bonds. The number of aryl methyl sites for hydroxylation is 1. The number of imidazole rings is 1. The zero-order valence-corrected chi connectivity index (χ0v) is 15.4. The van der Waals surface area contributed by atoms with Gasteiger partial charge in [-0.05, 0) is 43.2 Å². The number of nitrogens with zero attached hydrogens (tertiary/aromatic N) is 4. The Labute approximate surface area is 153 Å². The van der Waals surface area contributed by atoms with Crippen LogP contribution in [0, 0.1) is 18.3 Å². The Hall–Kier alpha value is -2.84. The van der Waals surface area contributed by atoms with Crippen LogP contribution in [0.3, 0.4) is 0 Å². The SMILES string of the molecule is C=C(C)C[NH+]1CCN(c2cc(C)c(C#N)c3nc4ccccc4n23)CC1. The third kappa shape index (κ3) is 2.73. The van der Waals surface area contributed by atoms with Crippen LogP contribution in [0.5, 0.6) is 0 Å². The molecule has 3 heterocycles. The van der Waals surface area contributed by atoms with Crippen LogP contribution in [-0.2, 0) is 0 Å². The average molecular weight is 346 g/mol. The number of anilines is 1. The van der Waals surface area contributed by atoms with Crippen molar-refractivity contribution >= 4 is 22.5 Å². The van der Waals surface area contributed by atoms with E-state index in [1.54, 1.807) is 4.90 Å². The largest absolute Gasteiger partial charge is 0.346 e. The fraction of sp³-hybridized carbons (Fsp3) is 0.333. The normalized spacial score (nSPS) is 15.5.